The normalized spacial score (nSPS) is 19.9. The fourth-order valence-electron chi connectivity index (χ4n) is 3.73. The summed E-state index contributed by atoms with van der Waals surface area (Å²) in [5, 5.41) is 4.53. The number of thiophene rings is 1. The summed E-state index contributed by atoms with van der Waals surface area (Å²) in [5.41, 5.74) is 2.41. The number of rotatable bonds is 3. The standard InChI is InChI=1S/C19H20N4OS/c1-2-4-15-14(3-1)16-18(24-13-7-10-21-11-13)22-17(23-19(16)25-15)12-5-8-20-9-6-12/h5-6,8-9,13,21H,1-4,7,10-11H2/t13-/m1/s1. The van der Waals surface area contributed by atoms with Crippen LogP contribution in [0, 0.1) is 0 Å². The lowest BCUT2D eigenvalue weighted by atomic mass is 9.97. The summed E-state index contributed by atoms with van der Waals surface area (Å²) in [6.45, 7) is 1.90. The number of fused-ring (bicyclic) bond motifs is 3. The maximum Gasteiger partial charge on any atom is 0.226 e. The Hall–Kier alpha value is -2.05. The predicted octanol–water partition coefficient (Wildman–Crippen LogP) is 3.37. The average Bonchev–Trinajstić information content (AvgIpc) is 3.29. The van der Waals surface area contributed by atoms with E-state index in [0.29, 0.717) is 0 Å². The number of aryl methyl sites for hydroxylation is 2. The molecular weight excluding hydrogens is 332 g/mol. The first kappa shape index (κ1) is 15.2. The molecule has 128 valence electrons. The first-order valence-electron chi connectivity index (χ1n) is 8.98. The van der Waals surface area contributed by atoms with Crippen LogP contribution in [-0.2, 0) is 12.8 Å². The van der Waals surface area contributed by atoms with Crippen molar-refractivity contribution in [2.24, 2.45) is 0 Å². The highest BCUT2D eigenvalue weighted by molar-refractivity contribution is 7.18. The largest absolute Gasteiger partial charge is 0.472 e. The highest BCUT2D eigenvalue weighted by Gasteiger charge is 2.25. The predicted molar refractivity (Wildman–Crippen MR) is 99.2 cm³/mol. The second-order valence-electron chi connectivity index (χ2n) is 6.71. The van der Waals surface area contributed by atoms with Gasteiger partial charge < -0.3 is 10.1 Å². The molecule has 1 aliphatic heterocycles. The molecule has 5 rings (SSSR count). The summed E-state index contributed by atoms with van der Waals surface area (Å²) in [5.74, 6) is 1.50. The number of pyridine rings is 1. The SMILES string of the molecule is c1cc(-c2nc(O[C@@H]3CCNC3)c3c4c(sc3n2)CCCC4)ccn1. The third kappa shape index (κ3) is 2.79. The van der Waals surface area contributed by atoms with Gasteiger partial charge in [-0.15, -0.1) is 11.3 Å². The topological polar surface area (TPSA) is 59.9 Å². The molecule has 4 heterocycles. The summed E-state index contributed by atoms with van der Waals surface area (Å²) >= 11 is 1.82. The molecule has 0 radical (unpaired) electrons. The molecule has 0 spiro atoms. The van der Waals surface area contributed by atoms with Crippen molar-refractivity contribution in [1.29, 1.82) is 0 Å². The number of hydrogen-bond acceptors (Lipinski definition) is 6. The molecule has 25 heavy (non-hydrogen) atoms. The lowest BCUT2D eigenvalue weighted by molar-refractivity contribution is 0.217. The first-order valence-corrected chi connectivity index (χ1v) is 9.80. The van der Waals surface area contributed by atoms with Crippen LogP contribution >= 0.6 is 11.3 Å². The van der Waals surface area contributed by atoms with Crippen molar-refractivity contribution in [1.82, 2.24) is 20.3 Å². The van der Waals surface area contributed by atoms with E-state index in [-0.39, 0.29) is 6.10 Å². The minimum atomic E-state index is 0.197. The highest BCUT2D eigenvalue weighted by atomic mass is 32.1. The molecule has 0 saturated carbocycles. The van der Waals surface area contributed by atoms with Gasteiger partial charge >= 0.3 is 0 Å². The molecular formula is C19H20N4OS. The summed E-state index contributed by atoms with van der Waals surface area (Å²) in [6.07, 6.45) is 9.58. The van der Waals surface area contributed by atoms with E-state index in [1.807, 2.05) is 23.5 Å². The van der Waals surface area contributed by atoms with Crippen molar-refractivity contribution in [3.8, 4) is 17.3 Å². The van der Waals surface area contributed by atoms with Gasteiger partial charge in [-0.2, -0.15) is 4.98 Å². The van der Waals surface area contributed by atoms with E-state index in [1.54, 1.807) is 12.4 Å². The Balaban J connectivity index is 1.67. The summed E-state index contributed by atoms with van der Waals surface area (Å²) in [7, 11) is 0. The van der Waals surface area contributed by atoms with E-state index in [2.05, 4.69) is 10.3 Å². The smallest absolute Gasteiger partial charge is 0.226 e. The van der Waals surface area contributed by atoms with Crippen molar-refractivity contribution < 1.29 is 4.74 Å². The Bertz CT molecular complexity index is 903. The van der Waals surface area contributed by atoms with Crippen molar-refractivity contribution in [3.05, 3.63) is 35.0 Å². The molecule has 0 unspecified atom stereocenters. The van der Waals surface area contributed by atoms with Crippen LogP contribution in [0.15, 0.2) is 24.5 Å². The van der Waals surface area contributed by atoms with Gasteiger partial charge in [0.05, 0.1) is 5.39 Å². The van der Waals surface area contributed by atoms with Gasteiger partial charge in [0.2, 0.25) is 5.88 Å². The fourth-order valence-corrected chi connectivity index (χ4v) is 4.98. The third-order valence-corrected chi connectivity index (χ3v) is 6.20. The molecule has 3 aromatic heterocycles. The highest BCUT2D eigenvalue weighted by Crippen LogP contribution is 2.40. The zero-order chi connectivity index (χ0) is 16.6. The Kier molecular flexibility index (Phi) is 3.87. The number of nitrogens with zero attached hydrogens (tertiary/aromatic N) is 3. The molecule has 1 aliphatic carbocycles. The van der Waals surface area contributed by atoms with E-state index in [0.717, 1.165) is 59.8 Å². The van der Waals surface area contributed by atoms with Crippen LogP contribution in [-0.4, -0.2) is 34.1 Å². The molecule has 6 heteroatoms. The van der Waals surface area contributed by atoms with Crippen molar-refractivity contribution >= 4 is 21.6 Å². The second-order valence-corrected chi connectivity index (χ2v) is 7.80. The first-order chi connectivity index (χ1) is 12.4. The molecule has 5 nitrogen and oxygen atoms in total. The van der Waals surface area contributed by atoms with Gasteiger partial charge in [0.25, 0.3) is 0 Å². The van der Waals surface area contributed by atoms with Crippen LogP contribution in [0.3, 0.4) is 0 Å². The van der Waals surface area contributed by atoms with Crippen molar-refractivity contribution in [2.75, 3.05) is 13.1 Å². The molecule has 1 saturated heterocycles. The maximum absolute atomic E-state index is 6.35. The van der Waals surface area contributed by atoms with E-state index < -0.39 is 0 Å². The van der Waals surface area contributed by atoms with Crippen LogP contribution in [0.5, 0.6) is 5.88 Å². The van der Waals surface area contributed by atoms with E-state index >= 15 is 0 Å². The van der Waals surface area contributed by atoms with Gasteiger partial charge in [0.1, 0.15) is 10.9 Å². The third-order valence-electron chi connectivity index (χ3n) is 5.01. The monoisotopic (exact) mass is 352 g/mol. The molecule has 1 fully saturated rings. The zero-order valence-corrected chi connectivity index (χ0v) is 14.8. The minimum Gasteiger partial charge on any atom is -0.472 e. The van der Waals surface area contributed by atoms with Crippen LogP contribution in [0.4, 0.5) is 0 Å². The fraction of sp³-hybridized carbons (Fsp3) is 0.421. The van der Waals surface area contributed by atoms with Crippen LogP contribution < -0.4 is 10.1 Å². The maximum atomic E-state index is 6.35. The summed E-state index contributed by atoms with van der Waals surface area (Å²) in [4.78, 5) is 16.3. The minimum absolute atomic E-state index is 0.197. The van der Waals surface area contributed by atoms with Crippen LogP contribution in [0.2, 0.25) is 0 Å². The van der Waals surface area contributed by atoms with Crippen molar-refractivity contribution in [3.63, 3.8) is 0 Å². The van der Waals surface area contributed by atoms with Crippen molar-refractivity contribution in [2.45, 2.75) is 38.2 Å². The Morgan fingerprint density at radius 3 is 2.84 bits per heavy atom. The van der Waals surface area contributed by atoms with Gasteiger partial charge in [-0.3, -0.25) is 4.98 Å². The lowest BCUT2D eigenvalue weighted by Crippen LogP contribution is -2.20. The Morgan fingerprint density at radius 2 is 2.00 bits per heavy atom. The molecule has 0 bridgehead atoms. The Labute approximate surface area is 150 Å². The average molecular weight is 352 g/mol. The summed E-state index contributed by atoms with van der Waals surface area (Å²) < 4.78 is 6.35. The molecule has 1 N–H and O–H groups in total. The lowest BCUT2D eigenvalue weighted by Gasteiger charge is -2.15. The number of ether oxygens (including phenoxy) is 1. The van der Waals surface area contributed by atoms with E-state index in [9.17, 15) is 0 Å². The molecule has 1 atom stereocenters. The van der Waals surface area contributed by atoms with Gasteiger partial charge in [-0.1, -0.05) is 0 Å². The van der Waals surface area contributed by atoms with Crippen LogP contribution in [0.25, 0.3) is 21.6 Å². The number of nitrogens with one attached hydrogen (secondary N) is 1. The van der Waals surface area contributed by atoms with Gasteiger partial charge in [-0.05, 0) is 56.3 Å². The molecule has 3 aromatic rings. The van der Waals surface area contributed by atoms with Gasteiger partial charge in [-0.25, -0.2) is 4.98 Å². The van der Waals surface area contributed by atoms with E-state index in [4.69, 9.17) is 14.7 Å². The molecule has 0 aromatic carbocycles. The van der Waals surface area contributed by atoms with Gasteiger partial charge in [0.15, 0.2) is 5.82 Å². The van der Waals surface area contributed by atoms with Gasteiger partial charge in [0, 0.05) is 29.4 Å². The second kappa shape index (κ2) is 6.35. The molecule has 0 amide bonds. The molecule has 2 aliphatic rings. The summed E-state index contributed by atoms with van der Waals surface area (Å²) in [6, 6.07) is 3.91. The van der Waals surface area contributed by atoms with E-state index in [1.165, 1.54) is 23.3 Å². The number of aromatic nitrogens is 3. The quantitative estimate of drug-likeness (QED) is 0.783. The Morgan fingerprint density at radius 1 is 1.12 bits per heavy atom. The van der Waals surface area contributed by atoms with Crippen LogP contribution in [0.1, 0.15) is 29.7 Å². The zero-order valence-electron chi connectivity index (χ0n) is 14.0. The number of hydrogen-bond donors (Lipinski definition) is 1.